The van der Waals surface area contributed by atoms with E-state index in [1.165, 1.54) is 19.2 Å². The van der Waals surface area contributed by atoms with Crippen LogP contribution in [0.4, 0.5) is 4.39 Å². The van der Waals surface area contributed by atoms with E-state index in [4.69, 9.17) is 4.74 Å². The molecule has 1 atom stereocenters. The summed E-state index contributed by atoms with van der Waals surface area (Å²) in [5.74, 6) is -0.687. The Kier molecular flexibility index (Phi) is 3.43. The van der Waals surface area contributed by atoms with Gasteiger partial charge in [-0.1, -0.05) is 12.1 Å². The number of benzene rings is 1. The molecule has 0 spiro atoms. The van der Waals surface area contributed by atoms with Gasteiger partial charge in [-0.3, -0.25) is 4.79 Å². The summed E-state index contributed by atoms with van der Waals surface area (Å²) in [6.45, 7) is 0.585. The van der Waals surface area contributed by atoms with Crippen molar-refractivity contribution in [3.63, 3.8) is 0 Å². The fourth-order valence-electron chi connectivity index (χ4n) is 3.19. The van der Waals surface area contributed by atoms with Gasteiger partial charge in [-0.25, -0.2) is 9.18 Å². The Morgan fingerprint density at radius 3 is 2.52 bits per heavy atom. The highest BCUT2D eigenvalue weighted by molar-refractivity contribution is 5.94. The number of ether oxygens (including phenoxy) is 1. The molecule has 1 saturated carbocycles. The molecule has 0 radical (unpaired) electrons. The number of amides is 1. The topological polar surface area (TPSA) is 46.6 Å². The van der Waals surface area contributed by atoms with Crippen LogP contribution in [0.15, 0.2) is 24.3 Å². The second-order valence-electron chi connectivity index (χ2n) is 5.77. The Hall–Kier alpha value is -1.91. The number of likely N-dealkylation sites (tertiary alicyclic amines) is 1. The Balaban J connectivity index is 1.84. The molecular formula is C16H18FNO3. The second-order valence-corrected chi connectivity index (χ2v) is 5.77. The normalized spacial score (nSPS) is 23.0. The standard InChI is InChI=1S/C16H18FNO3/c1-21-14(19)13-3-2-10-18(13)15(20)16(8-9-16)11-4-6-12(17)7-5-11/h4-7,13H,2-3,8-10H2,1H3. The van der Waals surface area contributed by atoms with E-state index in [2.05, 4.69) is 0 Å². The van der Waals surface area contributed by atoms with Crippen LogP contribution in [-0.4, -0.2) is 36.5 Å². The summed E-state index contributed by atoms with van der Waals surface area (Å²) in [6.07, 6.45) is 2.96. The lowest BCUT2D eigenvalue weighted by molar-refractivity contribution is -0.151. The van der Waals surface area contributed by atoms with Crippen molar-refractivity contribution in [1.82, 2.24) is 4.90 Å². The molecule has 4 nitrogen and oxygen atoms in total. The predicted octanol–water partition coefficient (Wildman–Crippen LogP) is 2.02. The van der Waals surface area contributed by atoms with Crippen LogP contribution in [0.1, 0.15) is 31.2 Å². The summed E-state index contributed by atoms with van der Waals surface area (Å²) in [5, 5.41) is 0. The SMILES string of the molecule is COC(=O)C1CCCN1C(=O)C1(c2ccc(F)cc2)CC1. The minimum absolute atomic E-state index is 0.0259. The van der Waals surface area contributed by atoms with Gasteiger partial charge >= 0.3 is 5.97 Å². The summed E-state index contributed by atoms with van der Waals surface area (Å²) in [4.78, 5) is 26.3. The van der Waals surface area contributed by atoms with E-state index in [1.807, 2.05) is 0 Å². The van der Waals surface area contributed by atoms with Crippen molar-refractivity contribution in [2.45, 2.75) is 37.1 Å². The lowest BCUT2D eigenvalue weighted by Gasteiger charge is -2.27. The first kappa shape index (κ1) is 14.0. The highest BCUT2D eigenvalue weighted by Gasteiger charge is 2.55. The largest absolute Gasteiger partial charge is 0.467 e. The van der Waals surface area contributed by atoms with Crippen molar-refractivity contribution in [3.05, 3.63) is 35.6 Å². The van der Waals surface area contributed by atoms with Gasteiger partial charge in [0.25, 0.3) is 0 Å². The smallest absolute Gasteiger partial charge is 0.328 e. The van der Waals surface area contributed by atoms with Crippen LogP contribution < -0.4 is 0 Å². The number of carbonyl (C=O) groups excluding carboxylic acids is 2. The molecule has 0 N–H and O–H groups in total. The summed E-state index contributed by atoms with van der Waals surface area (Å²) in [7, 11) is 1.34. The molecule has 0 bridgehead atoms. The average molecular weight is 291 g/mol. The van der Waals surface area contributed by atoms with Crippen molar-refractivity contribution >= 4 is 11.9 Å². The highest BCUT2D eigenvalue weighted by Crippen LogP contribution is 2.50. The van der Waals surface area contributed by atoms with Crippen molar-refractivity contribution in [2.24, 2.45) is 0 Å². The van der Waals surface area contributed by atoms with Gasteiger partial charge in [0.2, 0.25) is 5.91 Å². The molecule has 2 aliphatic rings. The highest BCUT2D eigenvalue weighted by atomic mass is 19.1. The van der Waals surface area contributed by atoms with Gasteiger partial charge in [-0.15, -0.1) is 0 Å². The summed E-state index contributed by atoms with van der Waals surface area (Å²) >= 11 is 0. The Morgan fingerprint density at radius 1 is 1.29 bits per heavy atom. The van der Waals surface area contributed by atoms with Crippen molar-refractivity contribution < 1.29 is 18.7 Å². The van der Waals surface area contributed by atoms with E-state index >= 15 is 0 Å². The number of esters is 1. The van der Waals surface area contributed by atoms with Crippen LogP contribution in [0.2, 0.25) is 0 Å². The van der Waals surface area contributed by atoms with E-state index in [1.54, 1.807) is 17.0 Å². The van der Waals surface area contributed by atoms with Gasteiger partial charge in [0.05, 0.1) is 12.5 Å². The maximum absolute atomic E-state index is 13.1. The number of methoxy groups -OCH3 is 1. The van der Waals surface area contributed by atoms with E-state index in [-0.39, 0.29) is 17.7 Å². The molecule has 5 heteroatoms. The monoisotopic (exact) mass is 291 g/mol. The Bertz CT molecular complexity index is 565. The van der Waals surface area contributed by atoms with Gasteiger partial charge in [-0.05, 0) is 43.4 Å². The third kappa shape index (κ3) is 2.30. The van der Waals surface area contributed by atoms with Crippen molar-refractivity contribution in [2.75, 3.05) is 13.7 Å². The molecule has 1 aliphatic heterocycles. The molecule has 1 aliphatic carbocycles. The minimum atomic E-state index is -0.565. The molecule has 1 aromatic rings. The third-order valence-corrected chi connectivity index (χ3v) is 4.54. The number of hydrogen-bond acceptors (Lipinski definition) is 3. The van der Waals surface area contributed by atoms with Crippen LogP contribution in [0.3, 0.4) is 0 Å². The van der Waals surface area contributed by atoms with E-state index < -0.39 is 11.5 Å². The first-order chi connectivity index (χ1) is 10.1. The predicted molar refractivity (Wildman–Crippen MR) is 74.1 cm³/mol. The Labute approximate surface area is 122 Å². The molecule has 112 valence electrons. The minimum Gasteiger partial charge on any atom is -0.467 e. The lowest BCUT2D eigenvalue weighted by atomic mass is 9.94. The van der Waals surface area contributed by atoms with Crippen LogP contribution in [0, 0.1) is 5.82 Å². The number of carbonyl (C=O) groups is 2. The Morgan fingerprint density at radius 2 is 1.95 bits per heavy atom. The molecule has 21 heavy (non-hydrogen) atoms. The average Bonchev–Trinajstić information content (AvgIpc) is 3.16. The quantitative estimate of drug-likeness (QED) is 0.800. The molecule has 2 fully saturated rings. The van der Waals surface area contributed by atoms with Gasteiger partial charge < -0.3 is 9.64 Å². The zero-order valence-corrected chi connectivity index (χ0v) is 12.0. The number of hydrogen-bond donors (Lipinski definition) is 0. The molecule has 1 unspecified atom stereocenters. The maximum atomic E-state index is 13.1. The molecule has 3 rings (SSSR count). The molecule has 1 aromatic carbocycles. The fraction of sp³-hybridized carbons (Fsp3) is 0.500. The summed E-state index contributed by atoms with van der Waals surface area (Å²) < 4.78 is 17.8. The van der Waals surface area contributed by atoms with Crippen LogP contribution in [-0.2, 0) is 19.7 Å². The van der Waals surface area contributed by atoms with E-state index in [0.717, 1.165) is 24.8 Å². The first-order valence-electron chi connectivity index (χ1n) is 7.23. The second kappa shape index (κ2) is 5.13. The number of rotatable bonds is 3. The van der Waals surface area contributed by atoms with Crippen molar-refractivity contribution in [3.8, 4) is 0 Å². The van der Waals surface area contributed by atoms with E-state index in [0.29, 0.717) is 13.0 Å². The molecule has 1 heterocycles. The zero-order valence-electron chi connectivity index (χ0n) is 12.0. The summed E-state index contributed by atoms with van der Waals surface area (Å²) in [6, 6.07) is 5.63. The molecular weight excluding hydrogens is 273 g/mol. The lowest BCUT2D eigenvalue weighted by Crippen LogP contribution is -2.46. The maximum Gasteiger partial charge on any atom is 0.328 e. The van der Waals surface area contributed by atoms with E-state index in [9.17, 15) is 14.0 Å². The molecule has 0 aromatic heterocycles. The van der Waals surface area contributed by atoms with Crippen molar-refractivity contribution in [1.29, 1.82) is 0 Å². The first-order valence-corrected chi connectivity index (χ1v) is 7.23. The zero-order chi connectivity index (χ0) is 15.0. The van der Waals surface area contributed by atoms with Crippen LogP contribution in [0.5, 0.6) is 0 Å². The van der Waals surface area contributed by atoms with Gasteiger partial charge in [0, 0.05) is 6.54 Å². The molecule has 1 saturated heterocycles. The third-order valence-electron chi connectivity index (χ3n) is 4.54. The van der Waals surface area contributed by atoms with Gasteiger partial charge in [-0.2, -0.15) is 0 Å². The fourth-order valence-corrected chi connectivity index (χ4v) is 3.19. The summed E-state index contributed by atoms with van der Waals surface area (Å²) in [5.41, 5.74) is 0.272. The molecule has 1 amide bonds. The number of halogens is 1. The van der Waals surface area contributed by atoms with Gasteiger partial charge in [0.15, 0.2) is 0 Å². The number of nitrogens with zero attached hydrogens (tertiary/aromatic N) is 1. The van der Waals surface area contributed by atoms with Crippen LogP contribution in [0.25, 0.3) is 0 Å². The van der Waals surface area contributed by atoms with Crippen LogP contribution >= 0.6 is 0 Å². The van der Waals surface area contributed by atoms with Gasteiger partial charge in [0.1, 0.15) is 11.9 Å².